The van der Waals surface area contributed by atoms with Gasteiger partial charge in [0.1, 0.15) is 0 Å². The van der Waals surface area contributed by atoms with Crippen molar-refractivity contribution in [2.75, 3.05) is 0 Å². The van der Waals surface area contributed by atoms with E-state index in [9.17, 15) is 18.0 Å². The first-order chi connectivity index (χ1) is 7.30. The fourth-order valence-corrected chi connectivity index (χ4v) is 1.44. The summed E-state index contributed by atoms with van der Waals surface area (Å²) < 4.78 is 42.3. The highest BCUT2D eigenvalue weighted by atomic mass is 79.9. The molecule has 0 N–H and O–H groups in total. The van der Waals surface area contributed by atoms with Crippen molar-refractivity contribution in [2.24, 2.45) is 0 Å². The van der Waals surface area contributed by atoms with Crippen molar-refractivity contribution >= 4 is 21.9 Å². The van der Waals surface area contributed by atoms with E-state index in [1.165, 1.54) is 12.3 Å². The van der Waals surface area contributed by atoms with Gasteiger partial charge in [0, 0.05) is 29.4 Å². The molecule has 0 aromatic carbocycles. The number of nitrogens with zero attached hydrogens (tertiary/aromatic N) is 1. The molecule has 3 nitrogen and oxygen atoms in total. The van der Waals surface area contributed by atoms with Crippen LogP contribution in [0, 0.1) is 0 Å². The van der Waals surface area contributed by atoms with E-state index < -0.39 is 18.2 Å². The van der Waals surface area contributed by atoms with Crippen molar-refractivity contribution in [3.05, 3.63) is 28.5 Å². The third kappa shape index (κ3) is 3.48. The Morgan fingerprint density at radius 3 is 2.56 bits per heavy atom. The molecule has 7 heteroatoms. The van der Waals surface area contributed by atoms with E-state index in [0.29, 0.717) is 4.47 Å². The maximum absolute atomic E-state index is 12.6. The van der Waals surface area contributed by atoms with Gasteiger partial charge in [0.25, 0.3) is 0 Å². The largest absolute Gasteiger partial charge is 0.448 e. The number of ether oxygens (including phenoxy) is 1. The van der Waals surface area contributed by atoms with Crippen LogP contribution in [0.2, 0.25) is 0 Å². The molecule has 1 rings (SSSR count). The highest BCUT2D eigenvalue weighted by Crippen LogP contribution is 2.36. The van der Waals surface area contributed by atoms with Crippen LogP contribution in [0.5, 0.6) is 0 Å². The van der Waals surface area contributed by atoms with Gasteiger partial charge >= 0.3 is 12.1 Å². The number of pyridine rings is 1. The van der Waals surface area contributed by atoms with E-state index in [4.69, 9.17) is 0 Å². The highest BCUT2D eigenvalue weighted by molar-refractivity contribution is 9.10. The Hall–Kier alpha value is -1.11. The molecule has 0 saturated heterocycles. The molecular formula is C9H7BrF3NO2. The molecule has 0 aliphatic carbocycles. The van der Waals surface area contributed by atoms with Crippen LogP contribution in [0.1, 0.15) is 18.6 Å². The topological polar surface area (TPSA) is 39.2 Å². The predicted molar refractivity (Wildman–Crippen MR) is 52.5 cm³/mol. The smallest absolute Gasteiger partial charge is 0.429 e. The summed E-state index contributed by atoms with van der Waals surface area (Å²) in [4.78, 5) is 14.2. The number of carbonyl (C=O) groups is 1. The average molecular weight is 298 g/mol. The molecule has 0 aliphatic rings. The van der Waals surface area contributed by atoms with E-state index in [1.54, 1.807) is 0 Å². The second kappa shape index (κ2) is 4.82. The van der Waals surface area contributed by atoms with E-state index in [0.717, 1.165) is 13.1 Å². The minimum absolute atomic E-state index is 0.225. The molecule has 0 fully saturated rings. The molecule has 1 heterocycles. The maximum atomic E-state index is 12.6. The number of rotatable bonds is 2. The summed E-state index contributed by atoms with van der Waals surface area (Å²) in [5.41, 5.74) is -0.225. The number of carbonyl (C=O) groups excluding carboxylic acids is 1. The van der Waals surface area contributed by atoms with E-state index in [1.807, 2.05) is 0 Å². The Bertz CT molecular complexity index is 395. The lowest BCUT2D eigenvalue weighted by Gasteiger charge is -2.19. The minimum Gasteiger partial charge on any atom is -0.448 e. The Morgan fingerprint density at radius 1 is 1.50 bits per heavy atom. The number of esters is 1. The molecule has 0 spiro atoms. The number of hydrogen-bond donors (Lipinski definition) is 0. The van der Waals surface area contributed by atoms with Gasteiger partial charge in [-0.2, -0.15) is 13.2 Å². The Labute approximate surface area is 97.8 Å². The van der Waals surface area contributed by atoms with Crippen LogP contribution < -0.4 is 0 Å². The summed E-state index contributed by atoms with van der Waals surface area (Å²) in [7, 11) is 0. The van der Waals surface area contributed by atoms with Gasteiger partial charge in [0.15, 0.2) is 0 Å². The van der Waals surface area contributed by atoms with Gasteiger partial charge in [0.2, 0.25) is 6.10 Å². The van der Waals surface area contributed by atoms with Crippen LogP contribution in [-0.4, -0.2) is 17.1 Å². The molecular weight excluding hydrogens is 291 g/mol. The quantitative estimate of drug-likeness (QED) is 0.788. The molecule has 1 aromatic heterocycles. The third-order valence-electron chi connectivity index (χ3n) is 1.61. The van der Waals surface area contributed by atoms with E-state index >= 15 is 0 Å². The summed E-state index contributed by atoms with van der Waals surface area (Å²) in [5.74, 6) is -0.998. The van der Waals surface area contributed by atoms with Gasteiger partial charge in [-0.25, -0.2) is 0 Å². The summed E-state index contributed by atoms with van der Waals surface area (Å²) >= 11 is 2.99. The number of aromatic nitrogens is 1. The lowest BCUT2D eigenvalue weighted by atomic mass is 10.1. The van der Waals surface area contributed by atoms with Crippen LogP contribution in [0.3, 0.4) is 0 Å². The molecule has 0 radical (unpaired) electrons. The van der Waals surface area contributed by atoms with Crippen molar-refractivity contribution in [1.82, 2.24) is 4.98 Å². The first kappa shape index (κ1) is 13.0. The lowest BCUT2D eigenvalue weighted by Crippen LogP contribution is -2.25. The van der Waals surface area contributed by atoms with E-state index in [2.05, 4.69) is 25.7 Å². The Morgan fingerprint density at radius 2 is 2.12 bits per heavy atom. The van der Waals surface area contributed by atoms with Crippen LogP contribution in [0.4, 0.5) is 13.2 Å². The van der Waals surface area contributed by atoms with Gasteiger partial charge in [-0.15, -0.1) is 0 Å². The molecule has 0 bridgehead atoms. The number of alkyl halides is 3. The molecule has 0 amide bonds. The third-order valence-corrected chi connectivity index (χ3v) is 2.04. The molecule has 0 aliphatic heterocycles. The normalized spacial score (nSPS) is 13.3. The fraction of sp³-hybridized carbons (Fsp3) is 0.333. The van der Waals surface area contributed by atoms with Crippen molar-refractivity contribution in [1.29, 1.82) is 0 Å². The van der Waals surface area contributed by atoms with Crippen molar-refractivity contribution < 1.29 is 22.7 Å². The fourth-order valence-electron chi connectivity index (χ4n) is 1.06. The molecule has 0 saturated carbocycles. The minimum atomic E-state index is -4.66. The van der Waals surface area contributed by atoms with Crippen LogP contribution >= 0.6 is 15.9 Å². The average Bonchev–Trinajstić information content (AvgIpc) is 2.12. The second-order valence-corrected chi connectivity index (χ2v) is 3.88. The van der Waals surface area contributed by atoms with Gasteiger partial charge in [-0.3, -0.25) is 9.78 Å². The monoisotopic (exact) mass is 297 g/mol. The standard InChI is InChI=1S/C9H7BrF3NO2/c1-5(15)16-8(9(11,12)13)6-2-7(10)4-14-3-6/h2-4,8H,1H3. The Kier molecular flexibility index (Phi) is 3.90. The van der Waals surface area contributed by atoms with Crippen molar-refractivity contribution in [2.45, 2.75) is 19.2 Å². The highest BCUT2D eigenvalue weighted by Gasteiger charge is 2.43. The van der Waals surface area contributed by atoms with Crippen LogP contribution in [0.25, 0.3) is 0 Å². The van der Waals surface area contributed by atoms with Gasteiger partial charge < -0.3 is 4.74 Å². The van der Waals surface area contributed by atoms with Gasteiger partial charge in [-0.1, -0.05) is 0 Å². The predicted octanol–water partition coefficient (Wildman–Crippen LogP) is 3.01. The number of hydrogen-bond acceptors (Lipinski definition) is 3. The first-order valence-corrected chi connectivity index (χ1v) is 4.94. The lowest BCUT2D eigenvalue weighted by molar-refractivity contribution is -0.223. The molecule has 1 unspecified atom stereocenters. The second-order valence-electron chi connectivity index (χ2n) is 2.97. The van der Waals surface area contributed by atoms with Crippen molar-refractivity contribution in [3.63, 3.8) is 0 Å². The molecule has 1 aromatic rings. The zero-order valence-electron chi connectivity index (χ0n) is 8.08. The summed E-state index contributed by atoms with van der Waals surface area (Å²) in [6, 6.07) is 1.20. The summed E-state index contributed by atoms with van der Waals surface area (Å²) in [6.45, 7) is 0.921. The van der Waals surface area contributed by atoms with Crippen LogP contribution in [-0.2, 0) is 9.53 Å². The molecule has 1 atom stereocenters. The maximum Gasteiger partial charge on any atom is 0.429 e. The summed E-state index contributed by atoms with van der Waals surface area (Å²) in [6.07, 6.45) is -4.60. The van der Waals surface area contributed by atoms with Gasteiger partial charge in [0.05, 0.1) is 0 Å². The molecule has 16 heavy (non-hydrogen) atoms. The summed E-state index contributed by atoms with van der Waals surface area (Å²) in [5, 5.41) is 0. The SMILES string of the molecule is CC(=O)OC(c1cncc(Br)c1)C(F)(F)F. The Balaban J connectivity index is 3.06. The number of halogens is 4. The first-order valence-electron chi connectivity index (χ1n) is 4.15. The van der Waals surface area contributed by atoms with E-state index in [-0.39, 0.29) is 5.56 Å². The van der Waals surface area contributed by atoms with Crippen molar-refractivity contribution in [3.8, 4) is 0 Å². The van der Waals surface area contributed by atoms with Crippen LogP contribution in [0.15, 0.2) is 22.9 Å². The van der Waals surface area contributed by atoms with Gasteiger partial charge in [-0.05, 0) is 22.0 Å². The zero-order valence-corrected chi connectivity index (χ0v) is 9.67. The zero-order chi connectivity index (χ0) is 12.3. The molecule has 88 valence electrons.